The van der Waals surface area contributed by atoms with E-state index in [0.717, 1.165) is 6.07 Å². The van der Waals surface area contributed by atoms with E-state index in [1.807, 2.05) is 13.8 Å². The van der Waals surface area contributed by atoms with E-state index in [1.165, 1.54) is 12.1 Å². The number of rotatable bonds is 4. The van der Waals surface area contributed by atoms with Gasteiger partial charge in [0.2, 0.25) is 5.91 Å². The molecule has 0 fully saturated rings. The maximum absolute atomic E-state index is 12.9. The Balaban J connectivity index is 3.03. The van der Waals surface area contributed by atoms with Crippen LogP contribution in [0, 0.1) is 5.92 Å². The molecule has 0 unspecified atom stereocenters. The average Bonchev–Trinajstić information content (AvgIpc) is 2.26. The fourth-order valence-electron chi connectivity index (χ4n) is 1.63. The lowest BCUT2D eigenvalue weighted by Gasteiger charge is -2.15. The lowest BCUT2D eigenvalue weighted by Crippen LogP contribution is -2.18. The van der Waals surface area contributed by atoms with Crippen molar-refractivity contribution in [3.8, 4) is 0 Å². The van der Waals surface area contributed by atoms with Gasteiger partial charge in [0.15, 0.2) is 0 Å². The molecular formula is C13H17F3N2O. The van der Waals surface area contributed by atoms with Crippen LogP contribution in [0.2, 0.25) is 0 Å². The second-order valence-electron chi connectivity index (χ2n) is 4.73. The first kappa shape index (κ1) is 15.5. The molecule has 1 aromatic carbocycles. The Bertz CT molecular complexity index is 456. The molecule has 0 saturated carbocycles. The van der Waals surface area contributed by atoms with Crippen LogP contribution < -0.4 is 11.1 Å². The molecule has 0 radical (unpaired) electrons. The summed E-state index contributed by atoms with van der Waals surface area (Å²) >= 11 is 0. The van der Waals surface area contributed by atoms with Gasteiger partial charge in [-0.05, 0) is 23.6 Å². The summed E-state index contributed by atoms with van der Waals surface area (Å²) in [5.74, 6) is -0.348. The first-order valence-electron chi connectivity index (χ1n) is 5.94. The van der Waals surface area contributed by atoms with Gasteiger partial charge < -0.3 is 11.1 Å². The summed E-state index contributed by atoms with van der Waals surface area (Å²) in [6, 6.07) is 3.68. The highest BCUT2D eigenvalue weighted by Crippen LogP contribution is 2.35. The maximum Gasteiger partial charge on any atom is 0.418 e. The van der Waals surface area contributed by atoms with Gasteiger partial charge >= 0.3 is 6.18 Å². The van der Waals surface area contributed by atoms with Gasteiger partial charge in [0.1, 0.15) is 0 Å². The summed E-state index contributed by atoms with van der Waals surface area (Å²) in [6.07, 6.45) is -4.35. The van der Waals surface area contributed by atoms with Crippen LogP contribution >= 0.6 is 0 Å². The number of carbonyl (C=O) groups excluding carboxylic acids is 1. The lowest BCUT2D eigenvalue weighted by molar-refractivity contribution is -0.137. The van der Waals surface area contributed by atoms with E-state index < -0.39 is 17.6 Å². The number of nitrogens with one attached hydrogen (secondary N) is 1. The summed E-state index contributed by atoms with van der Waals surface area (Å²) in [5.41, 5.74) is 4.60. The van der Waals surface area contributed by atoms with Gasteiger partial charge in [-0.25, -0.2) is 0 Å². The molecule has 0 aliphatic heterocycles. The minimum atomic E-state index is -4.52. The predicted octanol–water partition coefficient (Wildman–Crippen LogP) is 3.15. The summed E-state index contributed by atoms with van der Waals surface area (Å²) in [4.78, 5) is 11.6. The van der Waals surface area contributed by atoms with Crippen molar-refractivity contribution in [3.63, 3.8) is 0 Å². The molecular weight excluding hydrogens is 257 g/mol. The summed E-state index contributed by atoms with van der Waals surface area (Å²) < 4.78 is 38.7. The van der Waals surface area contributed by atoms with Crippen molar-refractivity contribution >= 4 is 11.6 Å². The second-order valence-corrected chi connectivity index (χ2v) is 4.73. The molecule has 19 heavy (non-hydrogen) atoms. The van der Waals surface area contributed by atoms with Crippen molar-refractivity contribution in [2.24, 2.45) is 11.7 Å². The standard InChI is InChI=1S/C13H17F3N2O/c1-8(2)5-12(19)18-11-4-3-9(7-17)6-10(11)13(14,15)16/h3-4,6,8H,5,7,17H2,1-2H3,(H,18,19). The molecule has 0 spiro atoms. The van der Waals surface area contributed by atoms with Crippen molar-refractivity contribution < 1.29 is 18.0 Å². The van der Waals surface area contributed by atoms with Crippen LogP contribution in [0.1, 0.15) is 31.4 Å². The normalized spacial score (nSPS) is 11.7. The number of alkyl halides is 3. The molecule has 106 valence electrons. The van der Waals surface area contributed by atoms with Crippen molar-refractivity contribution in [2.45, 2.75) is 33.0 Å². The van der Waals surface area contributed by atoms with Gasteiger partial charge in [-0.2, -0.15) is 13.2 Å². The highest BCUT2D eigenvalue weighted by Gasteiger charge is 2.34. The molecule has 0 heterocycles. The number of nitrogens with two attached hydrogens (primary N) is 1. The third-order valence-electron chi connectivity index (χ3n) is 2.49. The summed E-state index contributed by atoms with van der Waals surface area (Å²) in [5, 5.41) is 2.30. The van der Waals surface area contributed by atoms with E-state index >= 15 is 0 Å². The molecule has 0 aliphatic rings. The zero-order chi connectivity index (χ0) is 14.6. The van der Waals surface area contributed by atoms with Crippen molar-refractivity contribution in [3.05, 3.63) is 29.3 Å². The smallest absolute Gasteiger partial charge is 0.326 e. The highest BCUT2D eigenvalue weighted by molar-refractivity contribution is 5.91. The van der Waals surface area contributed by atoms with Crippen LogP contribution in [0.3, 0.4) is 0 Å². The minimum absolute atomic E-state index is 0.0172. The van der Waals surface area contributed by atoms with E-state index in [9.17, 15) is 18.0 Å². The minimum Gasteiger partial charge on any atom is -0.326 e. The summed E-state index contributed by atoms with van der Waals surface area (Å²) in [6.45, 7) is 3.66. The van der Waals surface area contributed by atoms with Crippen molar-refractivity contribution in [1.82, 2.24) is 0 Å². The Hall–Kier alpha value is -1.56. The molecule has 3 nitrogen and oxygen atoms in total. The van der Waals surface area contributed by atoms with E-state index in [2.05, 4.69) is 5.32 Å². The van der Waals surface area contributed by atoms with Crippen LogP contribution in [-0.4, -0.2) is 5.91 Å². The molecule has 0 bridgehead atoms. The van der Waals surface area contributed by atoms with Crippen LogP contribution in [-0.2, 0) is 17.5 Å². The summed E-state index contributed by atoms with van der Waals surface area (Å²) in [7, 11) is 0. The zero-order valence-corrected chi connectivity index (χ0v) is 10.8. The van der Waals surface area contributed by atoms with Gasteiger partial charge in [0.25, 0.3) is 0 Å². The largest absolute Gasteiger partial charge is 0.418 e. The molecule has 1 aromatic rings. The van der Waals surface area contributed by atoms with E-state index in [0.29, 0.717) is 5.56 Å². The van der Waals surface area contributed by atoms with Crippen LogP contribution in [0.4, 0.5) is 18.9 Å². The Morgan fingerprint density at radius 1 is 1.37 bits per heavy atom. The average molecular weight is 274 g/mol. The number of amides is 1. The van der Waals surface area contributed by atoms with Gasteiger partial charge in [-0.1, -0.05) is 19.9 Å². The SMILES string of the molecule is CC(C)CC(=O)Nc1ccc(CN)cc1C(F)(F)F. The number of hydrogen-bond donors (Lipinski definition) is 2. The van der Waals surface area contributed by atoms with Gasteiger partial charge in [-0.3, -0.25) is 4.79 Å². The van der Waals surface area contributed by atoms with E-state index in [1.54, 1.807) is 0 Å². The first-order chi connectivity index (χ1) is 8.74. The van der Waals surface area contributed by atoms with E-state index in [4.69, 9.17) is 5.73 Å². The quantitative estimate of drug-likeness (QED) is 0.886. The monoisotopic (exact) mass is 274 g/mol. The Morgan fingerprint density at radius 3 is 2.47 bits per heavy atom. The molecule has 0 aromatic heterocycles. The topological polar surface area (TPSA) is 55.1 Å². The fraction of sp³-hybridized carbons (Fsp3) is 0.462. The Labute approximate surface area is 110 Å². The molecule has 0 aliphatic carbocycles. The number of hydrogen-bond acceptors (Lipinski definition) is 2. The van der Waals surface area contributed by atoms with Gasteiger partial charge in [-0.15, -0.1) is 0 Å². The van der Waals surface area contributed by atoms with Crippen molar-refractivity contribution in [1.29, 1.82) is 0 Å². The maximum atomic E-state index is 12.9. The molecule has 0 saturated heterocycles. The van der Waals surface area contributed by atoms with Gasteiger partial charge in [0, 0.05) is 13.0 Å². The third kappa shape index (κ3) is 4.55. The first-order valence-corrected chi connectivity index (χ1v) is 5.94. The fourth-order valence-corrected chi connectivity index (χ4v) is 1.63. The molecule has 1 amide bonds. The molecule has 6 heteroatoms. The predicted molar refractivity (Wildman–Crippen MR) is 67.4 cm³/mol. The van der Waals surface area contributed by atoms with Crippen LogP contribution in [0.5, 0.6) is 0 Å². The number of benzene rings is 1. The highest BCUT2D eigenvalue weighted by atomic mass is 19.4. The molecule has 0 atom stereocenters. The van der Waals surface area contributed by atoms with Gasteiger partial charge in [0.05, 0.1) is 11.3 Å². The Kier molecular flexibility index (Phi) is 4.94. The van der Waals surface area contributed by atoms with Crippen molar-refractivity contribution in [2.75, 3.05) is 5.32 Å². The number of halogens is 3. The Morgan fingerprint density at radius 2 is 2.00 bits per heavy atom. The third-order valence-corrected chi connectivity index (χ3v) is 2.49. The molecule has 1 rings (SSSR count). The number of carbonyl (C=O) groups is 1. The lowest BCUT2D eigenvalue weighted by atomic mass is 10.1. The second kappa shape index (κ2) is 6.06. The van der Waals surface area contributed by atoms with Crippen LogP contribution in [0.15, 0.2) is 18.2 Å². The number of anilines is 1. The molecule has 3 N–H and O–H groups in total. The van der Waals surface area contributed by atoms with E-state index in [-0.39, 0.29) is 24.6 Å². The van der Waals surface area contributed by atoms with Crippen LogP contribution in [0.25, 0.3) is 0 Å². The zero-order valence-electron chi connectivity index (χ0n) is 10.8.